The molecule has 0 saturated carbocycles. The molecule has 38 heavy (non-hydrogen) atoms. The van der Waals surface area contributed by atoms with E-state index in [1.165, 1.54) is 30.5 Å². The van der Waals surface area contributed by atoms with Crippen molar-refractivity contribution in [2.24, 2.45) is 0 Å². The average molecular weight is 545 g/mol. The second-order valence-electron chi connectivity index (χ2n) is 8.89. The predicted octanol–water partition coefficient (Wildman–Crippen LogP) is 6.71. The van der Waals surface area contributed by atoms with Crippen LogP contribution in [0.25, 0.3) is 10.1 Å². The molecule has 4 aromatic carbocycles. The fourth-order valence-corrected chi connectivity index (χ4v) is 6.40. The molecule has 5 aromatic rings. The Bertz CT molecular complexity index is 1630. The van der Waals surface area contributed by atoms with Gasteiger partial charge in [0.25, 0.3) is 15.9 Å². The third kappa shape index (κ3) is 5.46. The first-order valence-electron chi connectivity index (χ1n) is 12.0. The number of nitrogens with zero attached hydrogens (tertiary/aromatic N) is 2. The van der Waals surface area contributed by atoms with Crippen molar-refractivity contribution >= 4 is 43.0 Å². The van der Waals surface area contributed by atoms with Crippen LogP contribution in [0.2, 0.25) is 0 Å². The van der Waals surface area contributed by atoms with E-state index >= 15 is 0 Å². The van der Waals surface area contributed by atoms with Crippen LogP contribution in [0.1, 0.15) is 20.8 Å². The van der Waals surface area contributed by atoms with E-state index in [9.17, 15) is 17.6 Å². The molecule has 8 heteroatoms. The smallest absolute Gasteiger partial charge is 0.264 e. The number of sulfonamides is 1. The number of rotatable bonds is 8. The molecule has 0 saturated heterocycles. The molecule has 192 valence electrons. The second-order valence-corrected chi connectivity index (χ2v) is 11.9. The zero-order valence-electron chi connectivity index (χ0n) is 20.6. The molecule has 1 aromatic heterocycles. The molecule has 0 unspecified atom stereocenters. The number of amides is 1. The number of thiophene rings is 1. The van der Waals surface area contributed by atoms with E-state index in [-0.39, 0.29) is 10.8 Å². The van der Waals surface area contributed by atoms with E-state index in [1.807, 2.05) is 77.7 Å². The summed E-state index contributed by atoms with van der Waals surface area (Å²) in [6, 6.07) is 31.6. The zero-order valence-corrected chi connectivity index (χ0v) is 22.3. The first-order chi connectivity index (χ1) is 18.3. The highest BCUT2D eigenvalue weighted by molar-refractivity contribution is 7.92. The van der Waals surface area contributed by atoms with Crippen molar-refractivity contribution < 1.29 is 17.6 Å². The van der Waals surface area contributed by atoms with Gasteiger partial charge in [0, 0.05) is 24.8 Å². The van der Waals surface area contributed by atoms with Crippen LogP contribution in [0, 0.1) is 5.82 Å². The Morgan fingerprint density at radius 3 is 1.95 bits per heavy atom. The van der Waals surface area contributed by atoms with Gasteiger partial charge in [0.05, 0.1) is 15.5 Å². The lowest BCUT2D eigenvalue weighted by molar-refractivity contribution is 0.0735. The van der Waals surface area contributed by atoms with Crippen molar-refractivity contribution in [2.75, 3.05) is 11.4 Å². The fraction of sp³-hybridized carbons (Fsp3) is 0.100. The minimum Gasteiger partial charge on any atom is -0.329 e. The summed E-state index contributed by atoms with van der Waals surface area (Å²) < 4.78 is 41.5. The summed E-state index contributed by atoms with van der Waals surface area (Å²) in [4.78, 5) is 16.1. The van der Waals surface area contributed by atoms with Gasteiger partial charge in [0.15, 0.2) is 0 Å². The van der Waals surface area contributed by atoms with E-state index in [1.54, 1.807) is 12.1 Å². The normalized spacial score (nSPS) is 11.4. The molecule has 0 N–H and O–H groups in total. The molecular weight excluding hydrogens is 519 g/mol. The summed E-state index contributed by atoms with van der Waals surface area (Å²) in [5.74, 6) is -0.593. The Labute approximate surface area is 225 Å². The second kappa shape index (κ2) is 10.8. The monoisotopic (exact) mass is 544 g/mol. The minimum atomic E-state index is -3.87. The number of carbonyl (C=O) groups is 1. The fourth-order valence-electron chi connectivity index (χ4n) is 4.20. The van der Waals surface area contributed by atoms with Crippen LogP contribution in [0.15, 0.2) is 114 Å². The maximum absolute atomic E-state index is 13.7. The largest absolute Gasteiger partial charge is 0.329 e. The van der Waals surface area contributed by atoms with Crippen LogP contribution in [0.5, 0.6) is 0 Å². The van der Waals surface area contributed by atoms with Crippen LogP contribution in [0.4, 0.5) is 10.1 Å². The molecule has 1 amide bonds. The number of benzene rings is 4. The summed E-state index contributed by atoms with van der Waals surface area (Å²) >= 11 is 1.38. The lowest BCUT2D eigenvalue weighted by atomic mass is 10.1. The molecule has 0 spiro atoms. The minimum absolute atomic E-state index is 0.000137. The van der Waals surface area contributed by atoms with Crippen LogP contribution >= 0.6 is 11.3 Å². The van der Waals surface area contributed by atoms with Gasteiger partial charge in [-0.15, -0.1) is 11.3 Å². The van der Waals surface area contributed by atoms with E-state index in [2.05, 4.69) is 0 Å². The maximum Gasteiger partial charge on any atom is 0.264 e. The molecule has 0 radical (unpaired) electrons. The topological polar surface area (TPSA) is 57.7 Å². The van der Waals surface area contributed by atoms with Crippen LogP contribution in [-0.2, 0) is 23.1 Å². The van der Waals surface area contributed by atoms with Crippen molar-refractivity contribution in [1.82, 2.24) is 4.90 Å². The van der Waals surface area contributed by atoms with Crippen LogP contribution in [0.3, 0.4) is 0 Å². The quantitative estimate of drug-likeness (QED) is 0.218. The number of halogens is 1. The number of hydrogen-bond donors (Lipinski definition) is 0. The highest BCUT2D eigenvalue weighted by Gasteiger charge is 2.23. The SMILES string of the molecule is CN(c1ccc2sc(C(=O)N(Cc3ccccc3)Cc3ccccc3)cc2c1)S(=O)(=O)c1ccc(F)cc1. The van der Waals surface area contributed by atoms with E-state index in [0.29, 0.717) is 23.7 Å². The molecule has 0 fully saturated rings. The third-order valence-electron chi connectivity index (χ3n) is 6.27. The van der Waals surface area contributed by atoms with Crippen LogP contribution < -0.4 is 4.31 Å². The number of hydrogen-bond acceptors (Lipinski definition) is 4. The molecule has 5 nitrogen and oxygen atoms in total. The molecule has 5 rings (SSSR count). The molecule has 0 aliphatic heterocycles. The summed E-state index contributed by atoms with van der Waals surface area (Å²) in [5.41, 5.74) is 2.52. The Kier molecular flexibility index (Phi) is 7.26. The Hall–Kier alpha value is -4.01. The van der Waals surface area contributed by atoms with Gasteiger partial charge in [-0.25, -0.2) is 12.8 Å². The molecule has 0 aliphatic rings. The van der Waals surface area contributed by atoms with Gasteiger partial charge in [0.1, 0.15) is 5.82 Å². The molecule has 0 bridgehead atoms. The van der Waals surface area contributed by atoms with Gasteiger partial charge in [-0.1, -0.05) is 60.7 Å². The van der Waals surface area contributed by atoms with Crippen molar-refractivity contribution in [2.45, 2.75) is 18.0 Å². The lowest BCUT2D eigenvalue weighted by Crippen LogP contribution is -2.29. The van der Waals surface area contributed by atoms with Gasteiger partial charge in [-0.3, -0.25) is 9.10 Å². The number of anilines is 1. The first-order valence-corrected chi connectivity index (χ1v) is 14.2. The summed E-state index contributed by atoms with van der Waals surface area (Å²) in [5, 5.41) is 0.774. The molecule has 1 heterocycles. The van der Waals surface area contributed by atoms with E-state index in [4.69, 9.17) is 0 Å². The predicted molar refractivity (Wildman–Crippen MR) is 150 cm³/mol. The molecule has 0 atom stereocenters. The van der Waals surface area contributed by atoms with E-state index < -0.39 is 15.8 Å². The number of fused-ring (bicyclic) bond motifs is 1. The Morgan fingerprint density at radius 2 is 1.37 bits per heavy atom. The molecule has 0 aliphatic carbocycles. The van der Waals surface area contributed by atoms with Crippen molar-refractivity contribution in [3.05, 3.63) is 131 Å². The zero-order chi connectivity index (χ0) is 26.7. The molecular formula is C30H25FN2O3S2. The van der Waals surface area contributed by atoms with Crippen molar-refractivity contribution in [3.63, 3.8) is 0 Å². The summed E-state index contributed by atoms with van der Waals surface area (Å²) in [6.07, 6.45) is 0. The van der Waals surface area contributed by atoms with Crippen LogP contribution in [-0.4, -0.2) is 26.3 Å². The highest BCUT2D eigenvalue weighted by Crippen LogP contribution is 2.32. The average Bonchev–Trinajstić information content (AvgIpc) is 3.37. The third-order valence-corrected chi connectivity index (χ3v) is 9.17. The first kappa shape index (κ1) is 25.6. The van der Waals surface area contributed by atoms with E-state index in [0.717, 1.165) is 37.7 Å². The summed E-state index contributed by atoms with van der Waals surface area (Å²) in [7, 11) is -2.42. The Morgan fingerprint density at radius 1 is 0.789 bits per heavy atom. The standard InChI is InChI=1S/C30H25FN2O3S2/c1-32(38(35,36)27-15-12-25(31)13-16-27)26-14-17-28-24(18-26)19-29(37-28)30(34)33(20-22-8-4-2-5-9-22)21-23-10-6-3-7-11-23/h2-19H,20-21H2,1H3. The van der Waals surface area contributed by atoms with Gasteiger partial charge < -0.3 is 4.90 Å². The van der Waals surface area contributed by atoms with Gasteiger partial charge in [-0.05, 0) is 65.0 Å². The van der Waals surface area contributed by atoms with Crippen molar-refractivity contribution in [1.29, 1.82) is 0 Å². The van der Waals surface area contributed by atoms with Gasteiger partial charge in [-0.2, -0.15) is 0 Å². The number of carbonyl (C=O) groups excluding carboxylic acids is 1. The highest BCUT2D eigenvalue weighted by atomic mass is 32.2. The maximum atomic E-state index is 13.7. The van der Waals surface area contributed by atoms with Crippen molar-refractivity contribution in [3.8, 4) is 0 Å². The lowest BCUT2D eigenvalue weighted by Gasteiger charge is -2.22. The van der Waals surface area contributed by atoms with Gasteiger partial charge >= 0.3 is 0 Å². The van der Waals surface area contributed by atoms with Gasteiger partial charge in [0.2, 0.25) is 0 Å². The Balaban J connectivity index is 1.44. The summed E-state index contributed by atoms with van der Waals surface area (Å²) in [6.45, 7) is 0.930.